The van der Waals surface area contributed by atoms with Crippen LogP contribution < -0.4 is 4.74 Å². The predicted molar refractivity (Wildman–Crippen MR) is 130 cm³/mol. The molecule has 0 aliphatic carbocycles. The molecule has 166 valence electrons. The van der Waals surface area contributed by atoms with E-state index in [0.29, 0.717) is 11.1 Å². The van der Waals surface area contributed by atoms with E-state index in [2.05, 4.69) is 44.2 Å². The van der Waals surface area contributed by atoms with E-state index in [1.807, 2.05) is 18.2 Å². The van der Waals surface area contributed by atoms with Gasteiger partial charge in [0.25, 0.3) is 0 Å². The molecule has 33 heavy (non-hydrogen) atoms. The summed E-state index contributed by atoms with van der Waals surface area (Å²) in [6.45, 7) is 4.28. The van der Waals surface area contributed by atoms with Crippen molar-refractivity contribution in [2.75, 3.05) is 0 Å². The van der Waals surface area contributed by atoms with Gasteiger partial charge in [0.2, 0.25) is 0 Å². The molecule has 0 fully saturated rings. The van der Waals surface area contributed by atoms with Crippen molar-refractivity contribution in [1.29, 1.82) is 10.5 Å². The van der Waals surface area contributed by atoms with Gasteiger partial charge in [-0.25, -0.2) is 4.79 Å². The summed E-state index contributed by atoms with van der Waals surface area (Å²) in [4.78, 5) is 12.7. The third kappa shape index (κ3) is 5.88. The van der Waals surface area contributed by atoms with Gasteiger partial charge in [-0.15, -0.1) is 0 Å². The average molecular weight is 437 g/mol. The minimum atomic E-state index is -0.557. The Labute approximate surface area is 196 Å². The second-order valence-electron chi connectivity index (χ2n) is 8.07. The molecule has 0 saturated heterocycles. The Kier molecular flexibility index (Phi) is 8.39. The van der Waals surface area contributed by atoms with E-state index in [9.17, 15) is 15.3 Å². The fourth-order valence-electron chi connectivity index (χ4n) is 3.83. The van der Waals surface area contributed by atoms with E-state index in [1.165, 1.54) is 5.56 Å². The largest absolute Gasteiger partial charge is 0.421 e. The van der Waals surface area contributed by atoms with Gasteiger partial charge in [0, 0.05) is 0 Å². The van der Waals surface area contributed by atoms with Crippen LogP contribution in [0, 0.1) is 22.7 Å². The van der Waals surface area contributed by atoms with Gasteiger partial charge in [0.15, 0.2) is 0 Å². The third-order valence-electron chi connectivity index (χ3n) is 5.68. The monoisotopic (exact) mass is 436 g/mol. The molecule has 0 N–H and O–H groups in total. The summed E-state index contributed by atoms with van der Waals surface area (Å²) in [6.07, 6.45) is 5.97. The molecule has 3 rings (SSSR count). The van der Waals surface area contributed by atoms with E-state index in [4.69, 9.17) is 4.74 Å². The van der Waals surface area contributed by atoms with Crippen LogP contribution in [0.4, 0.5) is 0 Å². The lowest BCUT2D eigenvalue weighted by atomic mass is 9.97. The second-order valence-corrected chi connectivity index (χ2v) is 8.07. The molecule has 3 aromatic rings. The lowest BCUT2D eigenvalue weighted by molar-refractivity contribution is 0.0734. The summed E-state index contributed by atoms with van der Waals surface area (Å²) in [5.74, 6) is -0.437. The molecule has 0 aromatic heterocycles. The van der Waals surface area contributed by atoms with Gasteiger partial charge in [-0.2, -0.15) is 10.5 Å². The van der Waals surface area contributed by atoms with Gasteiger partial charge in [-0.05, 0) is 59.7 Å². The fourth-order valence-corrected chi connectivity index (χ4v) is 3.83. The Morgan fingerprint density at radius 3 is 1.97 bits per heavy atom. The standard InChI is InChI=1S/C29H28N2O2/c1-3-5-6-8-24-17-18-28(27(20-31)26(24)19-30)33-29(32)25-15-13-23(14-16-25)22-11-9-21(7-4-2)10-12-22/h9-18H,3-8H2,1-2H3. The van der Waals surface area contributed by atoms with Gasteiger partial charge in [-0.1, -0.05) is 75.6 Å². The molecule has 0 radical (unpaired) electrons. The number of unbranched alkanes of at least 4 members (excludes halogenated alkanes) is 2. The van der Waals surface area contributed by atoms with Crippen molar-refractivity contribution in [3.8, 4) is 29.0 Å². The Morgan fingerprint density at radius 1 is 0.758 bits per heavy atom. The van der Waals surface area contributed by atoms with Crippen molar-refractivity contribution in [2.24, 2.45) is 0 Å². The normalized spacial score (nSPS) is 10.3. The molecule has 0 atom stereocenters. The van der Waals surface area contributed by atoms with Crippen LogP contribution in [-0.4, -0.2) is 5.97 Å². The molecule has 0 spiro atoms. The number of aryl methyl sites for hydroxylation is 2. The average Bonchev–Trinajstić information content (AvgIpc) is 2.85. The van der Waals surface area contributed by atoms with Crippen molar-refractivity contribution >= 4 is 5.97 Å². The summed E-state index contributed by atoms with van der Waals surface area (Å²) in [7, 11) is 0. The Bertz CT molecular complexity index is 1180. The van der Waals surface area contributed by atoms with Gasteiger partial charge in [0.1, 0.15) is 23.5 Å². The molecular weight excluding hydrogens is 408 g/mol. The zero-order chi connectivity index (χ0) is 23.6. The van der Waals surface area contributed by atoms with Crippen molar-refractivity contribution in [3.05, 3.63) is 88.5 Å². The van der Waals surface area contributed by atoms with Crippen LogP contribution in [0.2, 0.25) is 0 Å². The minimum Gasteiger partial charge on any atom is -0.421 e. The molecule has 0 amide bonds. The summed E-state index contributed by atoms with van der Waals surface area (Å²) in [5, 5.41) is 19.2. The molecule has 0 bridgehead atoms. The summed E-state index contributed by atoms with van der Waals surface area (Å²) >= 11 is 0. The number of nitrogens with zero attached hydrogens (tertiary/aromatic N) is 2. The molecule has 0 aliphatic heterocycles. The van der Waals surface area contributed by atoms with Crippen LogP contribution >= 0.6 is 0 Å². The number of rotatable bonds is 9. The van der Waals surface area contributed by atoms with Gasteiger partial charge < -0.3 is 4.74 Å². The van der Waals surface area contributed by atoms with Crippen molar-refractivity contribution in [3.63, 3.8) is 0 Å². The highest BCUT2D eigenvalue weighted by Gasteiger charge is 2.18. The lowest BCUT2D eigenvalue weighted by Crippen LogP contribution is -2.10. The molecule has 0 heterocycles. The fraction of sp³-hybridized carbons (Fsp3) is 0.276. The maximum atomic E-state index is 12.7. The maximum absolute atomic E-state index is 12.7. The van der Waals surface area contributed by atoms with Crippen molar-refractivity contribution in [2.45, 2.75) is 52.4 Å². The van der Waals surface area contributed by atoms with Crippen LogP contribution in [0.5, 0.6) is 5.75 Å². The molecule has 0 saturated carbocycles. The molecule has 3 aromatic carbocycles. The number of esters is 1. The van der Waals surface area contributed by atoms with E-state index < -0.39 is 5.97 Å². The number of benzene rings is 3. The number of carbonyl (C=O) groups is 1. The maximum Gasteiger partial charge on any atom is 0.343 e. The highest BCUT2D eigenvalue weighted by Crippen LogP contribution is 2.27. The van der Waals surface area contributed by atoms with Crippen LogP contribution in [0.25, 0.3) is 11.1 Å². The van der Waals surface area contributed by atoms with Gasteiger partial charge >= 0.3 is 5.97 Å². The SMILES string of the molecule is CCCCCc1ccc(OC(=O)c2ccc(-c3ccc(CCC)cc3)cc2)c(C#N)c1C#N. The first-order valence-corrected chi connectivity index (χ1v) is 11.5. The first kappa shape index (κ1) is 23.8. The smallest absolute Gasteiger partial charge is 0.343 e. The Hall–Kier alpha value is -3.89. The zero-order valence-electron chi connectivity index (χ0n) is 19.2. The quantitative estimate of drug-likeness (QED) is 0.206. The molecule has 4 heteroatoms. The lowest BCUT2D eigenvalue weighted by Gasteiger charge is -2.11. The molecular formula is C29H28N2O2. The first-order valence-electron chi connectivity index (χ1n) is 11.5. The van der Waals surface area contributed by atoms with E-state index >= 15 is 0 Å². The van der Waals surface area contributed by atoms with Gasteiger partial charge in [0.05, 0.1) is 11.1 Å². The molecule has 4 nitrogen and oxygen atoms in total. The number of ether oxygens (including phenoxy) is 1. The second kappa shape index (κ2) is 11.7. The number of hydrogen-bond donors (Lipinski definition) is 0. The van der Waals surface area contributed by atoms with E-state index in [0.717, 1.165) is 55.2 Å². The zero-order valence-corrected chi connectivity index (χ0v) is 19.2. The first-order chi connectivity index (χ1) is 16.1. The number of carbonyl (C=O) groups excluding carboxylic acids is 1. The molecule has 0 aliphatic rings. The van der Waals surface area contributed by atoms with Crippen LogP contribution in [0.3, 0.4) is 0 Å². The summed E-state index contributed by atoms with van der Waals surface area (Å²) < 4.78 is 5.52. The van der Waals surface area contributed by atoms with Gasteiger partial charge in [-0.3, -0.25) is 0 Å². The molecule has 0 unspecified atom stereocenters. The van der Waals surface area contributed by atoms with E-state index in [-0.39, 0.29) is 11.3 Å². The topological polar surface area (TPSA) is 73.9 Å². The van der Waals surface area contributed by atoms with Crippen LogP contribution in [0.1, 0.15) is 72.1 Å². The summed E-state index contributed by atoms with van der Waals surface area (Å²) in [6, 6.07) is 23.2. The number of hydrogen-bond acceptors (Lipinski definition) is 4. The predicted octanol–water partition coefficient (Wildman–Crippen LogP) is 7.00. The highest BCUT2D eigenvalue weighted by molar-refractivity contribution is 5.92. The third-order valence-corrected chi connectivity index (χ3v) is 5.68. The minimum absolute atomic E-state index is 0.114. The van der Waals surface area contributed by atoms with Crippen LogP contribution in [-0.2, 0) is 12.8 Å². The van der Waals surface area contributed by atoms with E-state index in [1.54, 1.807) is 24.3 Å². The number of nitriles is 2. The van der Waals surface area contributed by atoms with Crippen molar-refractivity contribution in [1.82, 2.24) is 0 Å². The Balaban J connectivity index is 1.77. The summed E-state index contributed by atoms with van der Waals surface area (Å²) in [5.41, 5.74) is 5.01. The van der Waals surface area contributed by atoms with Crippen LogP contribution in [0.15, 0.2) is 60.7 Å². The van der Waals surface area contributed by atoms with Crippen molar-refractivity contribution < 1.29 is 9.53 Å². The Morgan fingerprint density at radius 2 is 1.39 bits per heavy atom. The highest BCUT2D eigenvalue weighted by atomic mass is 16.5.